The molecule has 1 amide bonds. The molecule has 4 nitrogen and oxygen atoms in total. The van der Waals surface area contributed by atoms with Crippen molar-refractivity contribution in [3.8, 4) is 0 Å². The summed E-state index contributed by atoms with van der Waals surface area (Å²) in [6, 6.07) is 1.18. The maximum atomic E-state index is 12.7. The van der Waals surface area contributed by atoms with Gasteiger partial charge in [0, 0.05) is 24.7 Å². The van der Waals surface area contributed by atoms with E-state index in [1.165, 1.54) is 19.3 Å². The summed E-state index contributed by atoms with van der Waals surface area (Å²) in [5, 5.41) is 0. The Labute approximate surface area is 130 Å². The Bertz CT molecular complexity index is 337. The summed E-state index contributed by atoms with van der Waals surface area (Å²) in [4.78, 5) is 17.2. The second-order valence-corrected chi connectivity index (χ2v) is 7.09. The number of rotatable bonds is 4. The van der Waals surface area contributed by atoms with Crippen molar-refractivity contribution in [2.45, 2.75) is 77.4 Å². The van der Waals surface area contributed by atoms with Crippen LogP contribution in [0.25, 0.3) is 0 Å². The highest BCUT2D eigenvalue weighted by molar-refractivity contribution is 5.79. The van der Waals surface area contributed by atoms with E-state index >= 15 is 0 Å². The molecule has 4 heteroatoms. The van der Waals surface area contributed by atoms with Crippen molar-refractivity contribution in [1.29, 1.82) is 0 Å². The number of carbonyl (C=O) groups excluding carboxylic acids is 1. The predicted octanol–water partition coefficient (Wildman–Crippen LogP) is 2.23. The molecule has 122 valence electrons. The summed E-state index contributed by atoms with van der Waals surface area (Å²) >= 11 is 0. The van der Waals surface area contributed by atoms with Gasteiger partial charge in [0.2, 0.25) is 5.91 Å². The van der Waals surface area contributed by atoms with Gasteiger partial charge in [0.1, 0.15) is 0 Å². The van der Waals surface area contributed by atoms with E-state index < -0.39 is 0 Å². The van der Waals surface area contributed by atoms with Crippen molar-refractivity contribution in [3.05, 3.63) is 0 Å². The Kier molecular flexibility index (Phi) is 6.06. The van der Waals surface area contributed by atoms with Crippen LogP contribution in [0.3, 0.4) is 0 Å². The summed E-state index contributed by atoms with van der Waals surface area (Å²) in [6.45, 7) is 8.91. The lowest BCUT2D eigenvalue weighted by Crippen LogP contribution is -2.55. The van der Waals surface area contributed by atoms with Crippen LogP contribution < -0.4 is 5.73 Å². The first-order chi connectivity index (χ1) is 10.1. The van der Waals surface area contributed by atoms with Gasteiger partial charge in [0.15, 0.2) is 0 Å². The van der Waals surface area contributed by atoms with Gasteiger partial charge in [-0.3, -0.25) is 9.69 Å². The van der Waals surface area contributed by atoms with Gasteiger partial charge in [-0.2, -0.15) is 0 Å². The molecular weight excluding hydrogens is 262 g/mol. The highest BCUT2D eigenvalue weighted by Crippen LogP contribution is 2.26. The number of amides is 1. The lowest BCUT2D eigenvalue weighted by atomic mass is 9.89. The number of nitrogens with zero attached hydrogens (tertiary/aromatic N) is 2. The van der Waals surface area contributed by atoms with Crippen molar-refractivity contribution in [1.82, 2.24) is 9.80 Å². The average molecular weight is 295 g/mol. The molecule has 2 fully saturated rings. The molecule has 2 rings (SSSR count). The van der Waals surface area contributed by atoms with E-state index in [0.717, 1.165) is 31.7 Å². The lowest BCUT2D eigenvalue weighted by Gasteiger charge is -2.43. The van der Waals surface area contributed by atoms with Crippen molar-refractivity contribution in [3.63, 3.8) is 0 Å². The minimum absolute atomic E-state index is 0.308. The van der Waals surface area contributed by atoms with Crippen LogP contribution in [0.5, 0.6) is 0 Å². The van der Waals surface area contributed by atoms with Crippen molar-refractivity contribution in [2.24, 2.45) is 11.7 Å². The zero-order valence-corrected chi connectivity index (χ0v) is 14.1. The minimum Gasteiger partial charge on any atom is -0.336 e. The second-order valence-electron chi connectivity index (χ2n) is 7.09. The fraction of sp³-hybridized carbons (Fsp3) is 0.941. The summed E-state index contributed by atoms with van der Waals surface area (Å²) < 4.78 is 0. The van der Waals surface area contributed by atoms with Crippen molar-refractivity contribution >= 4 is 5.91 Å². The van der Waals surface area contributed by atoms with Crippen LogP contribution in [0.2, 0.25) is 0 Å². The number of piperidine rings is 2. The molecule has 4 unspecified atom stereocenters. The highest BCUT2D eigenvalue weighted by Gasteiger charge is 2.33. The number of likely N-dealkylation sites (tertiary alicyclic amines) is 2. The topological polar surface area (TPSA) is 49.6 Å². The summed E-state index contributed by atoms with van der Waals surface area (Å²) in [6.07, 6.45) is 7.15. The molecular formula is C17H33N3O. The van der Waals surface area contributed by atoms with Crippen LogP contribution in [0.15, 0.2) is 0 Å². The fourth-order valence-corrected chi connectivity index (χ4v) is 4.18. The molecule has 0 spiro atoms. The van der Waals surface area contributed by atoms with Crippen LogP contribution in [0.4, 0.5) is 0 Å². The van der Waals surface area contributed by atoms with E-state index in [2.05, 4.69) is 30.6 Å². The van der Waals surface area contributed by atoms with Gasteiger partial charge >= 0.3 is 0 Å². The van der Waals surface area contributed by atoms with Crippen LogP contribution >= 0.6 is 0 Å². The lowest BCUT2D eigenvalue weighted by molar-refractivity contribution is -0.139. The fourth-order valence-electron chi connectivity index (χ4n) is 4.18. The molecule has 21 heavy (non-hydrogen) atoms. The number of hydrogen-bond acceptors (Lipinski definition) is 3. The Morgan fingerprint density at radius 2 is 1.86 bits per heavy atom. The third-order valence-corrected chi connectivity index (χ3v) is 5.62. The third-order valence-electron chi connectivity index (χ3n) is 5.62. The molecule has 2 saturated heterocycles. The predicted molar refractivity (Wildman–Crippen MR) is 87.1 cm³/mol. The van der Waals surface area contributed by atoms with Crippen molar-refractivity contribution < 1.29 is 4.79 Å². The molecule has 4 atom stereocenters. The Morgan fingerprint density at radius 3 is 2.43 bits per heavy atom. The third kappa shape index (κ3) is 3.98. The van der Waals surface area contributed by atoms with E-state index in [4.69, 9.17) is 5.73 Å². The Morgan fingerprint density at radius 1 is 1.19 bits per heavy atom. The van der Waals surface area contributed by atoms with Gasteiger partial charge in [-0.25, -0.2) is 0 Å². The molecule has 0 bridgehead atoms. The zero-order valence-electron chi connectivity index (χ0n) is 14.1. The van der Waals surface area contributed by atoms with Crippen LogP contribution in [-0.2, 0) is 4.79 Å². The molecule has 0 aromatic heterocycles. The number of hydrogen-bond donors (Lipinski definition) is 1. The van der Waals surface area contributed by atoms with E-state index in [9.17, 15) is 4.79 Å². The van der Waals surface area contributed by atoms with E-state index in [0.29, 0.717) is 37.1 Å². The van der Waals surface area contributed by atoms with Gasteiger partial charge < -0.3 is 10.6 Å². The largest absolute Gasteiger partial charge is 0.336 e. The summed E-state index contributed by atoms with van der Waals surface area (Å²) in [7, 11) is 0. The van der Waals surface area contributed by atoms with Crippen LogP contribution in [0.1, 0.15) is 59.3 Å². The first-order valence-electron chi connectivity index (χ1n) is 8.82. The smallest absolute Gasteiger partial charge is 0.237 e. The normalized spacial score (nSPS) is 35.0. The summed E-state index contributed by atoms with van der Waals surface area (Å²) in [5.41, 5.74) is 5.95. The molecule has 2 aliphatic heterocycles. The Balaban J connectivity index is 1.94. The van der Waals surface area contributed by atoms with E-state index in [1.54, 1.807) is 0 Å². The van der Waals surface area contributed by atoms with Gasteiger partial charge in [0.25, 0.3) is 0 Å². The SMILES string of the molecule is CCC1CCN(CC(=O)N2C(C)CCCC2C)C(CN)C1. The van der Waals surface area contributed by atoms with Crippen LogP contribution in [-0.4, -0.2) is 53.5 Å². The van der Waals surface area contributed by atoms with Gasteiger partial charge in [-0.05, 0) is 58.4 Å². The molecule has 0 aromatic rings. The van der Waals surface area contributed by atoms with E-state index in [1.807, 2.05) is 0 Å². The highest BCUT2D eigenvalue weighted by atomic mass is 16.2. The molecule has 2 aliphatic rings. The zero-order chi connectivity index (χ0) is 15.4. The average Bonchev–Trinajstić information content (AvgIpc) is 2.47. The molecule has 0 radical (unpaired) electrons. The molecule has 2 heterocycles. The first kappa shape index (κ1) is 16.8. The Hall–Kier alpha value is -0.610. The minimum atomic E-state index is 0.308. The standard InChI is InChI=1S/C17H33N3O/c1-4-15-8-9-19(16(10-15)11-18)12-17(21)20-13(2)6-5-7-14(20)3/h13-16H,4-12,18H2,1-3H3. The molecule has 0 aliphatic carbocycles. The molecule has 0 aromatic carbocycles. The van der Waals surface area contributed by atoms with Crippen LogP contribution in [0, 0.1) is 5.92 Å². The maximum absolute atomic E-state index is 12.7. The van der Waals surface area contributed by atoms with E-state index in [-0.39, 0.29) is 0 Å². The maximum Gasteiger partial charge on any atom is 0.237 e. The van der Waals surface area contributed by atoms with Gasteiger partial charge in [-0.15, -0.1) is 0 Å². The van der Waals surface area contributed by atoms with Crippen molar-refractivity contribution in [2.75, 3.05) is 19.6 Å². The number of carbonyl (C=O) groups is 1. The van der Waals surface area contributed by atoms with Gasteiger partial charge in [-0.1, -0.05) is 13.3 Å². The number of nitrogens with two attached hydrogens (primary N) is 1. The monoisotopic (exact) mass is 295 g/mol. The summed E-state index contributed by atoms with van der Waals surface area (Å²) in [5.74, 6) is 1.10. The van der Waals surface area contributed by atoms with Gasteiger partial charge in [0.05, 0.1) is 6.54 Å². The first-order valence-corrected chi connectivity index (χ1v) is 8.82. The second kappa shape index (κ2) is 7.59. The molecule has 2 N–H and O–H groups in total. The molecule has 0 saturated carbocycles. The quantitative estimate of drug-likeness (QED) is 0.865.